The first-order valence-electron chi connectivity index (χ1n) is 8.18. The summed E-state index contributed by atoms with van der Waals surface area (Å²) >= 11 is 0. The molecule has 5 atom stereocenters. The minimum Gasteiger partial charge on any atom is -0.460 e. The lowest BCUT2D eigenvalue weighted by atomic mass is 9.91. The lowest BCUT2D eigenvalue weighted by Gasteiger charge is -2.43. The third-order valence-electron chi connectivity index (χ3n) is 4.19. The molecule has 7 heteroatoms. The maximum atomic E-state index is 11.5. The molecule has 0 amide bonds. The van der Waals surface area contributed by atoms with Crippen molar-refractivity contribution in [3.8, 4) is 5.75 Å². The highest BCUT2D eigenvalue weighted by molar-refractivity contribution is 5.67. The minimum absolute atomic E-state index is 0.193. The monoisotopic (exact) mass is 352 g/mol. The molecule has 1 heterocycles. The van der Waals surface area contributed by atoms with Crippen molar-refractivity contribution in [2.24, 2.45) is 5.92 Å². The quantitative estimate of drug-likeness (QED) is 0.808. The molecular weight excluding hydrogens is 328 g/mol. The van der Waals surface area contributed by atoms with E-state index in [-0.39, 0.29) is 18.6 Å². The number of esters is 2. The van der Waals surface area contributed by atoms with Crippen LogP contribution in [0.15, 0.2) is 24.3 Å². The number of hydrogen-bond donors (Lipinski definition) is 1. The number of carbonyl (C=O) groups excluding carboxylic acids is 2. The molecule has 0 bridgehead atoms. The number of hydrogen-bond acceptors (Lipinski definition) is 7. The van der Waals surface area contributed by atoms with Crippen molar-refractivity contribution in [2.45, 2.75) is 58.9 Å². The van der Waals surface area contributed by atoms with Crippen molar-refractivity contribution in [3.63, 3.8) is 0 Å². The molecule has 7 nitrogen and oxygen atoms in total. The van der Waals surface area contributed by atoms with Crippen LogP contribution in [0.5, 0.6) is 5.75 Å². The Hall–Kier alpha value is -2.12. The van der Waals surface area contributed by atoms with Crippen molar-refractivity contribution < 1.29 is 33.6 Å². The number of ether oxygens (including phenoxy) is 4. The first kappa shape index (κ1) is 19.2. The summed E-state index contributed by atoms with van der Waals surface area (Å²) in [6.45, 7) is 6.05. The van der Waals surface area contributed by atoms with Crippen LogP contribution in [0.25, 0.3) is 0 Å². The Morgan fingerprint density at radius 3 is 2.28 bits per heavy atom. The summed E-state index contributed by atoms with van der Waals surface area (Å²) in [7, 11) is 0. The van der Waals surface area contributed by atoms with Gasteiger partial charge in [-0.15, -0.1) is 0 Å². The van der Waals surface area contributed by atoms with E-state index in [4.69, 9.17) is 18.9 Å². The van der Waals surface area contributed by atoms with E-state index in [0.717, 1.165) is 0 Å². The zero-order valence-corrected chi connectivity index (χ0v) is 14.8. The van der Waals surface area contributed by atoms with Crippen LogP contribution in [0.3, 0.4) is 0 Å². The number of rotatable bonds is 5. The molecule has 25 heavy (non-hydrogen) atoms. The molecule has 0 aromatic heterocycles. The second kappa shape index (κ2) is 8.31. The van der Waals surface area contributed by atoms with Gasteiger partial charge in [-0.1, -0.05) is 25.1 Å². The topological polar surface area (TPSA) is 91.3 Å². The molecule has 138 valence electrons. The average Bonchev–Trinajstić information content (AvgIpc) is 2.55. The Morgan fingerprint density at radius 1 is 1.08 bits per heavy atom. The molecule has 0 radical (unpaired) electrons. The van der Waals surface area contributed by atoms with Crippen molar-refractivity contribution >= 4 is 11.9 Å². The van der Waals surface area contributed by atoms with Crippen LogP contribution < -0.4 is 4.74 Å². The molecule has 0 spiro atoms. The minimum atomic E-state index is -0.966. The summed E-state index contributed by atoms with van der Waals surface area (Å²) in [6, 6.07) is 6.93. The molecule has 1 fully saturated rings. The van der Waals surface area contributed by atoms with Gasteiger partial charge >= 0.3 is 11.9 Å². The van der Waals surface area contributed by atoms with Gasteiger partial charge in [0.1, 0.15) is 11.9 Å². The van der Waals surface area contributed by atoms with Crippen molar-refractivity contribution in [1.29, 1.82) is 0 Å². The molecule has 1 saturated heterocycles. The van der Waals surface area contributed by atoms with Gasteiger partial charge < -0.3 is 24.1 Å². The lowest BCUT2D eigenvalue weighted by Crippen LogP contribution is -2.57. The van der Waals surface area contributed by atoms with E-state index >= 15 is 0 Å². The largest absolute Gasteiger partial charge is 0.460 e. The Kier molecular flexibility index (Phi) is 6.39. The number of aliphatic hydroxyl groups is 1. The molecule has 1 aromatic carbocycles. The maximum absolute atomic E-state index is 11.5. The fourth-order valence-electron chi connectivity index (χ4n) is 2.78. The Bertz CT molecular complexity index is 615. The Labute approximate surface area is 146 Å². The first-order valence-corrected chi connectivity index (χ1v) is 8.18. The van der Waals surface area contributed by atoms with Gasteiger partial charge in [0, 0.05) is 25.3 Å². The summed E-state index contributed by atoms with van der Waals surface area (Å²) in [5, 5.41) is 9.45. The van der Waals surface area contributed by atoms with E-state index in [9.17, 15) is 14.7 Å². The van der Waals surface area contributed by atoms with Crippen LogP contribution in [0.4, 0.5) is 0 Å². The fourth-order valence-corrected chi connectivity index (χ4v) is 2.78. The van der Waals surface area contributed by atoms with E-state index in [1.807, 2.05) is 13.8 Å². The average molecular weight is 352 g/mol. The Morgan fingerprint density at radius 2 is 1.68 bits per heavy atom. The highest BCUT2D eigenvalue weighted by Crippen LogP contribution is 2.32. The highest BCUT2D eigenvalue weighted by Gasteiger charge is 2.47. The second-order valence-corrected chi connectivity index (χ2v) is 6.10. The van der Waals surface area contributed by atoms with Gasteiger partial charge in [0.05, 0.1) is 12.7 Å². The standard InChI is InChI=1S/C18H24O7/c1-10-11(2)22-18(25-15-8-6-5-7-14(15)9-19)17(24-13(4)21)16(10)23-12(3)20/h5-8,10-11,16-19H,9H2,1-4H3/t10-,11-,16+,17-,18+/m1/s1. The normalized spacial score (nSPS) is 28.9. The van der Waals surface area contributed by atoms with Gasteiger partial charge in [-0.3, -0.25) is 9.59 Å². The molecule has 1 N–H and O–H groups in total. The Balaban J connectivity index is 2.31. The van der Waals surface area contributed by atoms with Crippen LogP contribution in [0.2, 0.25) is 0 Å². The summed E-state index contributed by atoms with van der Waals surface area (Å²) in [6.07, 6.45) is -2.87. The van der Waals surface area contributed by atoms with E-state index in [1.165, 1.54) is 13.8 Å². The fraction of sp³-hybridized carbons (Fsp3) is 0.556. The zero-order valence-electron chi connectivity index (χ0n) is 14.8. The van der Waals surface area contributed by atoms with Gasteiger partial charge in [0.25, 0.3) is 0 Å². The van der Waals surface area contributed by atoms with E-state index in [0.29, 0.717) is 11.3 Å². The number of carbonyl (C=O) groups is 2. The molecule has 0 saturated carbocycles. The molecule has 1 aromatic rings. The van der Waals surface area contributed by atoms with Gasteiger partial charge in [-0.2, -0.15) is 0 Å². The van der Waals surface area contributed by atoms with Crippen molar-refractivity contribution in [3.05, 3.63) is 29.8 Å². The van der Waals surface area contributed by atoms with Gasteiger partial charge in [0.2, 0.25) is 12.4 Å². The first-order chi connectivity index (χ1) is 11.8. The van der Waals surface area contributed by atoms with Gasteiger partial charge in [0.15, 0.2) is 0 Å². The smallest absolute Gasteiger partial charge is 0.303 e. The van der Waals surface area contributed by atoms with E-state index in [2.05, 4.69) is 0 Å². The van der Waals surface area contributed by atoms with Crippen LogP contribution >= 0.6 is 0 Å². The summed E-state index contributed by atoms with van der Waals surface area (Å²) in [5.41, 5.74) is 0.572. The highest BCUT2D eigenvalue weighted by atomic mass is 16.7. The summed E-state index contributed by atoms with van der Waals surface area (Å²) in [5.74, 6) is -0.786. The molecule has 0 unspecified atom stereocenters. The third kappa shape index (κ3) is 4.70. The second-order valence-electron chi connectivity index (χ2n) is 6.10. The maximum Gasteiger partial charge on any atom is 0.303 e. The van der Waals surface area contributed by atoms with Crippen LogP contribution in [0, 0.1) is 5.92 Å². The zero-order chi connectivity index (χ0) is 18.6. The summed E-state index contributed by atoms with van der Waals surface area (Å²) < 4.78 is 22.5. The van der Waals surface area contributed by atoms with E-state index in [1.54, 1.807) is 24.3 Å². The SMILES string of the molecule is CC(=O)O[C@H]1[C@H](Oc2ccccc2CO)O[C@H](C)[C@@H](C)[C@@H]1OC(C)=O. The predicted octanol–water partition coefficient (Wildman–Crippen LogP) is 1.80. The van der Waals surface area contributed by atoms with Crippen molar-refractivity contribution in [2.75, 3.05) is 0 Å². The van der Waals surface area contributed by atoms with Gasteiger partial charge in [-0.25, -0.2) is 0 Å². The van der Waals surface area contributed by atoms with Crippen LogP contribution in [-0.2, 0) is 30.4 Å². The molecular formula is C18H24O7. The number of benzene rings is 1. The predicted molar refractivity (Wildman–Crippen MR) is 87.6 cm³/mol. The number of aliphatic hydroxyl groups excluding tert-OH is 1. The third-order valence-corrected chi connectivity index (χ3v) is 4.19. The number of para-hydroxylation sites is 1. The molecule has 1 aliphatic rings. The molecule has 2 rings (SSSR count). The summed E-state index contributed by atoms with van der Waals surface area (Å²) in [4.78, 5) is 23.0. The van der Waals surface area contributed by atoms with E-state index < -0.39 is 30.4 Å². The lowest BCUT2D eigenvalue weighted by molar-refractivity contribution is -0.263. The van der Waals surface area contributed by atoms with Crippen LogP contribution in [0.1, 0.15) is 33.3 Å². The molecule has 1 aliphatic heterocycles. The molecule has 0 aliphatic carbocycles. The van der Waals surface area contributed by atoms with Crippen molar-refractivity contribution in [1.82, 2.24) is 0 Å². The van der Waals surface area contributed by atoms with Gasteiger partial charge in [-0.05, 0) is 13.0 Å². The van der Waals surface area contributed by atoms with Crippen LogP contribution in [-0.4, -0.2) is 41.6 Å².